The van der Waals surface area contributed by atoms with Gasteiger partial charge in [0.05, 0.1) is 31.4 Å². The van der Waals surface area contributed by atoms with Crippen LogP contribution < -0.4 is 15.0 Å². The number of carbonyl (C=O) groups excluding carboxylic acids is 2. The van der Waals surface area contributed by atoms with Gasteiger partial charge >= 0.3 is 6.09 Å². The second-order valence-electron chi connectivity index (χ2n) is 10.5. The molecule has 2 amide bonds. The number of alkyl carbamates (subject to hydrolysis) is 1. The van der Waals surface area contributed by atoms with Crippen LogP contribution in [0.15, 0.2) is 35.9 Å². The molecule has 0 aromatic heterocycles. The van der Waals surface area contributed by atoms with Crippen molar-refractivity contribution >= 4 is 29.3 Å². The summed E-state index contributed by atoms with van der Waals surface area (Å²) < 4.78 is 16.7. The average Bonchev–Trinajstić information content (AvgIpc) is 3.48. The average molecular weight is 535 g/mol. The summed E-state index contributed by atoms with van der Waals surface area (Å²) in [6.45, 7) is 5.52. The molecule has 2 fully saturated rings. The molecule has 202 valence electrons. The first-order valence-corrected chi connectivity index (χ1v) is 12.8. The third-order valence-corrected chi connectivity index (χ3v) is 8.05. The number of aliphatic hydroxyl groups is 2. The third-order valence-electron chi connectivity index (χ3n) is 7.67. The Labute approximate surface area is 222 Å². The minimum atomic E-state index is -1.50. The molecule has 3 aliphatic heterocycles. The minimum Gasteiger partial charge on any atom is -0.495 e. The van der Waals surface area contributed by atoms with Crippen LogP contribution in [-0.2, 0) is 20.7 Å². The van der Waals surface area contributed by atoms with Crippen LogP contribution in [0.3, 0.4) is 0 Å². The maximum Gasteiger partial charge on any atom is 0.409 e. The zero-order chi connectivity index (χ0) is 27.1. The highest BCUT2D eigenvalue weighted by atomic mass is 35.5. The Morgan fingerprint density at radius 2 is 2.03 bits per heavy atom. The number of aliphatic hydroxyl groups excluding tert-OH is 1. The number of epoxide rings is 1. The lowest BCUT2D eigenvalue weighted by molar-refractivity contribution is -0.121. The van der Waals surface area contributed by atoms with Gasteiger partial charge in [0.1, 0.15) is 28.2 Å². The van der Waals surface area contributed by atoms with Crippen molar-refractivity contribution in [3.8, 4) is 5.75 Å². The Balaban J connectivity index is 1.70. The summed E-state index contributed by atoms with van der Waals surface area (Å²) in [4.78, 5) is 26.8. The van der Waals surface area contributed by atoms with Gasteiger partial charge in [-0.3, -0.25) is 10.1 Å². The smallest absolute Gasteiger partial charge is 0.409 e. The van der Waals surface area contributed by atoms with Crippen LogP contribution in [0.1, 0.15) is 45.6 Å². The fraction of sp³-hybridized carbons (Fsp3) is 0.556. The summed E-state index contributed by atoms with van der Waals surface area (Å²) in [5.41, 5.74) is -0.0877. The molecule has 6 atom stereocenters. The van der Waals surface area contributed by atoms with Gasteiger partial charge in [-0.2, -0.15) is 0 Å². The number of allylic oxidation sites excluding steroid dienone is 3. The van der Waals surface area contributed by atoms with Gasteiger partial charge in [0, 0.05) is 25.8 Å². The van der Waals surface area contributed by atoms with Gasteiger partial charge in [-0.1, -0.05) is 42.3 Å². The maximum absolute atomic E-state index is 13.2. The second-order valence-corrected chi connectivity index (χ2v) is 10.9. The molecular formula is C27H35ClN2O7. The molecule has 4 bridgehead atoms. The molecular weight excluding hydrogens is 500 g/mol. The van der Waals surface area contributed by atoms with Gasteiger partial charge in [-0.15, -0.1) is 0 Å². The summed E-state index contributed by atoms with van der Waals surface area (Å²) in [5, 5.41) is 25.0. The van der Waals surface area contributed by atoms with Gasteiger partial charge in [0.15, 0.2) is 0 Å². The quantitative estimate of drug-likeness (QED) is 0.471. The highest BCUT2D eigenvalue weighted by Gasteiger charge is 2.59. The number of hydrogen-bond acceptors (Lipinski definition) is 7. The summed E-state index contributed by atoms with van der Waals surface area (Å²) in [5.74, 6) is -0.298. The lowest BCUT2D eigenvalue weighted by atomic mass is 9.87. The molecule has 0 radical (unpaired) electrons. The molecule has 5 unspecified atom stereocenters. The van der Waals surface area contributed by atoms with E-state index in [1.54, 1.807) is 14.0 Å². The maximum atomic E-state index is 13.2. The fourth-order valence-corrected chi connectivity index (χ4v) is 5.33. The predicted octanol–water partition coefficient (Wildman–Crippen LogP) is 3.49. The molecule has 3 aliphatic rings. The highest BCUT2D eigenvalue weighted by molar-refractivity contribution is 6.35. The number of rotatable bonds is 1. The normalized spacial score (nSPS) is 37.0. The van der Waals surface area contributed by atoms with E-state index in [0.717, 1.165) is 11.1 Å². The molecule has 1 aromatic rings. The van der Waals surface area contributed by atoms with E-state index >= 15 is 0 Å². The monoisotopic (exact) mass is 534 g/mol. The van der Waals surface area contributed by atoms with Gasteiger partial charge in [0.2, 0.25) is 5.91 Å². The van der Waals surface area contributed by atoms with Crippen molar-refractivity contribution in [2.75, 3.05) is 19.1 Å². The number of amides is 2. The molecule has 37 heavy (non-hydrogen) atoms. The van der Waals surface area contributed by atoms with Crippen molar-refractivity contribution in [2.45, 2.75) is 76.1 Å². The number of methoxy groups -OCH3 is 1. The number of hydrogen-bond donors (Lipinski definition) is 3. The van der Waals surface area contributed by atoms with Gasteiger partial charge < -0.3 is 29.3 Å². The SMILES string of the molecule is COc1cc2cc(c1Cl)N(C)C(=O)CC(O)C1(C)OC1CC1C[C@@](O)(NC(=O)O1)C(C)/C=C/C=C(\C)C2. The Morgan fingerprint density at radius 3 is 2.73 bits per heavy atom. The van der Waals surface area contributed by atoms with Crippen molar-refractivity contribution in [1.29, 1.82) is 0 Å². The molecule has 1 aromatic carbocycles. The number of carbonyl (C=O) groups is 2. The van der Waals surface area contributed by atoms with Gasteiger partial charge in [0.25, 0.3) is 0 Å². The zero-order valence-electron chi connectivity index (χ0n) is 21.8. The second kappa shape index (κ2) is 10.3. The number of nitrogens with zero attached hydrogens (tertiary/aromatic N) is 1. The van der Waals surface area contributed by atoms with E-state index in [1.165, 1.54) is 12.0 Å². The number of fused-ring (bicyclic) bond motifs is 5. The lowest BCUT2D eigenvalue weighted by Gasteiger charge is -2.40. The standard InChI is InChI=1S/C27H35ClN2O7/c1-15-7-6-8-16(2)27(34)14-18(36-25(33)29-27)12-22-26(3,37-22)21(31)13-23(32)30(4)19-10-17(9-15)11-20(35-5)24(19)28/h6-8,10-11,16,18,21-22,31,34H,9,12-14H2,1-5H3,(H,29,33)/b8-6+,15-7+/t16?,18?,21?,22?,26?,27-/m0/s1. The Morgan fingerprint density at radius 1 is 1.30 bits per heavy atom. The number of halogens is 1. The van der Waals surface area contributed by atoms with Crippen LogP contribution >= 0.6 is 11.6 Å². The Hall–Kier alpha value is -2.59. The number of nitrogens with one attached hydrogen (secondary N) is 1. The van der Waals surface area contributed by atoms with E-state index in [0.29, 0.717) is 22.9 Å². The molecule has 4 rings (SSSR count). The molecule has 3 heterocycles. The molecule has 3 N–H and O–H groups in total. The van der Waals surface area contributed by atoms with Crippen LogP contribution in [0.4, 0.5) is 10.5 Å². The first-order chi connectivity index (χ1) is 17.4. The van der Waals surface area contributed by atoms with Gasteiger partial charge in [-0.25, -0.2) is 4.79 Å². The van der Waals surface area contributed by atoms with Crippen molar-refractivity contribution in [3.63, 3.8) is 0 Å². The van der Waals surface area contributed by atoms with Crippen LogP contribution in [-0.4, -0.2) is 66.0 Å². The topological polar surface area (TPSA) is 121 Å². The van der Waals surface area contributed by atoms with Crippen molar-refractivity contribution in [1.82, 2.24) is 5.32 Å². The van der Waals surface area contributed by atoms with Gasteiger partial charge in [-0.05, 0) is 38.0 Å². The van der Waals surface area contributed by atoms with E-state index in [2.05, 4.69) is 5.32 Å². The van der Waals surface area contributed by atoms with Crippen LogP contribution in [0.2, 0.25) is 5.02 Å². The Kier molecular flexibility index (Phi) is 7.63. The molecule has 2 saturated heterocycles. The summed E-state index contributed by atoms with van der Waals surface area (Å²) >= 11 is 6.56. The summed E-state index contributed by atoms with van der Waals surface area (Å²) in [6.07, 6.45) is 3.58. The van der Waals surface area contributed by atoms with Crippen molar-refractivity contribution in [2.24, 2.45) is 5.92 Å². The number of benzene rings is 1. The summed E-state index contributed by atoms with van der Waals surface area (Å²) in [6, 6.07) is 3.67. The number of anilines is 1. The minimum absolute atomic E-state index is 0.158. The van der Waals surface area contributed by atoms with Crippen LogP contribution in [0.25, 0.3) is 0 Å². The molecule has 0 spiro atoms. The lowest BCUT2D eigenvalue weighted by Crippen LogP contribution is -2.59. The van der Waals surface area contributed by atoms with E-state index < -0.39 is 41.6 Å². The number of ether oxygens (including phenoxy) is 3. The molecule has 9 nitrogen and oxygen atoms in total. The van der Waals surface area contributed by atoms with E-state index in [1.807, 2.05) is 44.2 Å². The predicted molar refractivity (Wildman–Crippen MR) is 139 cm³/mol. The largest absolute Gasteiger partial charge is 0.495 e. The van der Waals surface area contributed by atoms with Crippen molar-refractivity contribution in [3.05, 3.63) is 46.5 Å². The molecule has 0 aliphatic carbocycles. The van der Waals surface area contributed by atoms with E-state index in [-0.39, 0.29) is 25.2 Å². The molecule has 10 heteroatoms. The Bertz CT molecular complexity index is 1140. The van der Waals surface area contributed by atoms with E-state index in [9.17, 15) is 19.8 Å². The van der Waals surface area contributed by atoms with Crippen LogP contribution in [0.5, 0.6) is 5.75 Å². The van der Waals surface area contributed by atoms with Crippen molar-refractivity contribution < 1.29 is 34.0 Å². The van der Waals surface area contributed by atoms with Crippen LogP contribution in [0, 0.1) is 5.92 Å². The van der Waals surface area contributed by atoms with E-state index in [4.69, 9.17) is 25.8 Å². The zero-order valence-corrected chi connectivity index (χ0v) is 22.5. The first-order valence-electron chi connectivity index (χ1n) is 12.4. The highest BCUT2D eigenvalue weighted by Crippen LogP contribution is 2.45. The summed E-state index contributed by atoms with van der Waals surface area (Å²) in [7, 11) is 3.13. The third kappa shape index (κ3) is 5.65. The molecule has 0 saturated carbocycles. The fourth-order valence-electron chi connectivity index (χ4n) is 5.01. The first kappa shape index (κ1) is 27.4.